The minimum atomic E-state index is -3.89. The first kappa shape index (κ1) is 25.9. The minimum absolute atomic E-state index is 0.112. The van der Waals surface area contributed by atoms with Crippen LogP contribution in [-0.2, 0) is 30.9 Å². The Morgan fingerprint density at radius 2 is 1.97 bits per heavy atom. The van der Waals surface area contributed by atoms with Crippen LogP contribution in [0.15, 0.2) is 30.9 Å². The van der Waals surface area contributed by atoms with E-state index in [1.807, 2.05) is 38.3 Å². The van der Waals surface area contributed by atoms with Crippen LogP contribution in [-0.4, -0.2) is 64.6 Å². The van der Waals surface area contributed by atoms with Crippen LogP contribution in [0.25, 0.3) is 10.9 Å². The minimum Gasteiger partial charge on any atom is -0.395 e. The molecule has 0 radical (unpaired) electrons. The lowest BCUT2D eigenvalue weighted by molar-refractivity contribution is -0.351. The van der Waals surface area contributed by atoms with Crippen molar-refractivity contribution in [2.45, 2.75) is 76.3 Å². The van der Waals surface area contributed by atoms with Gasteiger partial charge in [0.2, 0.25) is 0 Å². The molecule has 3 heterocycles. The van der Waals surface area contributed by atoms with Crippen molar-refractivity contribution in [2.24, 2.45) is 0 Å². The van der Waals surface area contributed by atoms with E-state index in [9.17, 15) is 19.0 Å². The summed E-state index contributed by atoms with van der Waals surface area (Å²) in [6.07, 6.45) is -7.61. The first-order chi connectivity index (χ1) is 16.2. The molecule has 8 nitrogen and oxygen atoms in total. The maximum Gasteiger partial charge on any atom is 0.486 e. The average Bonchev–Trinajstić information content (AvgIpc) is 3.41. The molecule has 2 saturated heterocycles. The van der Waals surface area contributed by atoms with Crippen LogP contribution in [0, 0.1) is 5.82 Å². The first-order valence-electron chi connectivity index (χ1n) is 11.3. The molecule has 0 spiro atoms. The molecule has 0 aliphatic carbocycles. The van der Waals surface area contributed by atoms with Crippen LogP contribution >= 0.6 is 0 Å². The molecule has 1 aromatic carbocycles. The number of hydrogen-bond donors (Lipinski definition) is 3. The van der Waals surface area contributed by atoms with Gasteiger partial charge >= 0.3 is 6.29 Å². The molecule has 0 bridgehead atoms. The Hall–Kier alpha value is -2.15. The molecule has 2 aromatic rings. The van der Waals surface area contributed by atoms with E-state index in [2.05, 4.69) is 21.4 Å². The molecule has 1 aromatic heterocycles. The molecule has 2 fully saturated rings. The second kappa shape index (κ2) is 9.06. The largest absolute Gasteiger partial charge is 0.486 e. The van der Waals surface area contributed by atoms with Gasteiger partial charge in [-0.15, -0.1) is 15.4 Å². The van der Waals surface area contributed by atoms with Crippen molar-refractivity contribution in [3.8, 4) is 0 Å². The molecule has 35 heavy (non-hydrogen) atoms. The summed E-state index contributed by atoms with van der Waals surface area (Å²) in [4.78, 5) is 0. The number of fused-ring (bicyclic) bond motifs is 1. The molecule has 2 aliphatic heterocycles. The number of nitrogens with one attached hydrogen (secondary N) is 1. The Balaban J connectivity index is 1.67. The quantitative estimate of drug-likeness (QED) is 0.378. The van der Waals surface area contributed by atoms with Crippen molar-refractivity contribution in [2.75, 3.05) is 18.5 Å². The lowest BCUT2D eigenvalue weighted by atomic mass is 9.90. The Kier molecular flexibility index (Phi) is 6.71. The van der Waals surface area contributed by atoms with Gasteiger partial charge in [0.25, 0.3) is 0 Å². The summed E-state index contributed by atoms with van der Waals surface area (Å²) >= 11 is 0. The lowest BCUT2D eigenvalue weighted by Gasteiger charge is -2.26. The molecular weight excluding hydrogens is 469 g/mol. The number of aliphatic hydroxyl groups excluding tert-OH is 2. The van der Waals surface area contributed by atoms with E-state index >= 15 is 4.39 Å². The summed E-state index contributed by atoms with van der Waals surface area (Å²) in [5.41, 5.74) is 0.524. The van der Waals surface area contributed by atoms with Gasteiger partial charge in [-0.1, -0.05) is 19.9 Å². The Labute approximate surface area is 201 Å². The van der Waals surface area contributed by atoms with Gasteiger partial charge < -0.3 is 29.6 Å². The van der Waals surface area contributed by atoms with E-state index in [-0.39, 0.29) is 18.4 Å². The van der Waals surface area contributed by atoms with Crippen molar-refractivity contribution < 1.29 is 42.3 Å². The van der Waals surface area contributed by atoms with Crippen molar-refractivity contribution in [3.63, 3.8) is 0 Å². The molecule has 0 saturated carbocycles. The smallest absolute Gasteiger partial charge is 0.395 e. The van der Waals surface area contributed by atoms with Crippen LogP contribution in [0.3, 0.4) is 0 Å². The molecule has 4 rings (SSSR count). The van der Waals surface area contributed by atoms with Gasteiger partial charge in [0.1, 0.15) is 24.1 Å². The molecule has 4 atom stereocenters. The van der Waals surface area contributed by atoms with Gasteiger partial charge in [-0.2, -0.15) is 0 Å². The second-order valence-corrected chi connectivity index (χ2v) is 9.98. The molecule has 11 heteroatoms. The number of aromatic nitrogens is 1. The molecular formula is C24H31F3N2O6. The third-order valence-electron chi connectivity index (χ3n) is 6.25. The molecule has 194 valence electrons. The maximum absolute atomic E-state index is 15.2. The van der Waals surface area contributed by atoms with Crippen LogP contribution in [0.5, 0.6) is 0 Å². The highest BCUT2D eigenvalue weighted by Crippen LogP contribution is 2.36. The van der Waals surface area contributed by atoms with Crippen molar-refractivity contribution >= 4 is 16.6 Å². The normalized spacial score (nSPS) is 26.8. The third-order valence-corrected chi connectivity index (χ3v) is 6.25. The molecule has 2 aliphatic rings. The number of nitrogens with zero attached hydrogens (tertiary/aromatic N) is 1. The molecule has 0 amide bonds. The summed E-state index contributed by atoms with van der Waals surface area (Å²) in [6, 6.07) is 4.57. The topological polar surface area (TPSA) is 94.3 Å². The van der Waals surface area contributed by atoms with E-state index in [0.29, 0.717) is 24.1 Å². The van der Waals surface area contributed by atoms with E-state index in [4.69, 9.17) is 9.47 Å². The third kappa shape index (κ3) is 5.20. The second-order valence-electron chi connectivity index (χ2n) is 9.98. The van der Waals surface area contributed by atoms with Gasteiger partial charge in [-0.3, -0.25) is 9.47 Å². The van der Waals surface area contributed by atoms with Gasteiger partial charge in [0, 0.05) is 22.6 Å². The predicted octanol–water partition coefficient (Wildman–Crippen LogP) is 3.45. The highest BCUT2D eigenvalue weighted by molar-refractivity contribution is 5.85. The predicted molar refractivity (Wildman–Crippen MR) is 121 cm³/mol. The number of rotatable bonds is 8. The van der Waals surface area contributed by atoms with Gasteiger partial charge in [0.05, 0.1) is 31.0 Å². The molecule has 2 unspecified atom stereocenters. The number of aliphatic hydroxyl groups is 2. The monoisotopic (exact) mass is 500 g/mol. The zero-order chi connectivity index (χ0) is 25.8. The number of hydrogen-bond acceptors (Lipinski definition) is 7. The van der Waals surface area contributed by atoms with Crippen molar-refractivity contribution in [3.05, 3.63) is 42.4 Å². The summed E-state index contributed by atoms with van der Waals surface area (Å²) in [5, 5.41) is 23.6. The fourth-order valence-electron chi connectivity index (χ4n) is 4.44. The lowest BCUT2D eigenvalue weighted by Crippen LogP contribution is -2.40. The van der Waals surface area contributed by atoms with E-state index in [0.717, 1.165) is 11.8 Å². The Bertz CT molecular complexity index is 1100. The molecule has 3 N–H and O–H groups in total. The van der Waals surface area contributed by atoms with E-state index in [1.54, 1.807) is 0 Å². The standard InChI is InChI=1S/C24H31F3N2O6/c1-6-18-20(35-24(26,27)34-18)21(31)28-16-7-13-8-19(22(2,3)12-30)29(17(13)9-15(16)25)10-14-11-32-23(4,5)33-14/h6-9,14,18,20-21,28,30-31H,1,10-12H2,2-5H3/t14-,18?,20-,21?/m1/s1. The SMILES string of the molecule is C=CC1OC(F)(F)O[C@H]1C(O)Nc1cc2cc(C(C)(C)CO)n(C[C@@H]3COC(C)(C)O3)c2cc1F. The van der Waals surface area contributed by atoms with E-state index < -0.39 is 41.7 Å². The number of benzene rings is 1. The number of anilines is 1. The highest BCUT2D eigenvalue weighted by Gasteiger charge is 2.51. The van der Waals surface area contributed by atoms with Crippen LogP contribution in [0.4, 0.5) is 18.9 Å². The van der Waals surface area contributed by atoms with Gasteiger partial charge in [-0.05, 0) is 26.0 Å². The summed E-state index contributed by atoms with van der Waals surface area (Å²) in [5.74, 6) is -1.45. The van der Waals surface area contributed by atoms with E-state index in [1.165, 1.54) is 12.1 Å². The van der Waals surface area contributed by atoms with Crippen LogP contribution in [0.2, 0.25) is 0 Å². The van der Waals surface area contributed by atoms with Gasteiger partial charge in [0.15, 0.2) is 12.0 Å². The van der Waals surface area contributed by atoms with Crippen molar-refractivity contribution in [1.29, 1.82) is 0 Å². The summed E-state index contributed by atoms with van der Waals surface area (Å²) < 4.78 is 64.5. The zero-order valence-electron chi connectivity index (χ0n) is 20.1. The summed E-state index contributed by atoms with van der Waals surface area (Å²) in [6.45, 7) is 11.3. The van der Waals surface area contributed by atoms with Crippen LogP contribution in [0.1, 0.15) is 33.4 Å². The zero-order valence-corrected chi connectivity index (χ0v) is 20.1. The number of halogens is 3. The van der Waals surface area contributed by atoms with Gasteiger partial charge in [-0.25, -0.2) is 4.39 Å². The fourth-order valence-corrected chi connectivity index (χ4v) is 4.44. The summed E-state index contributed by atoms with van der Waals surface area (Å²) in [7, 11) is 0. The average molecular weight is 501 g/mol. The Morgan fingerprint density at radius 3 is 2.57 bits per heavy atom. The maximum atomic E-state index is 15.2. The fraction of sp³-hybridized carbons (Fsp3) is 0.583. The van der Waals surface area contributed by atoms with Crippen LogP contribution < -0.4 is 5.32 Å². The first-order valence-corrected chi connectivity index (χ1v) is 11.3. The number of ether oxygens (including phenoxy) is 4. The Morgan fingerprint density at radius 1 is 1.26 bits per heavy atom. The highest BCUT2D eigenvalue weighted by atomic mass is 19.3. The number of alkyl halides is 2. The van der Waals surface area contributed by atoms with Crippen molar-refractivity contribution in [1.82, 2.24) is 4.57 Å².